The summed E-state index contributed by atoms with van der Waals surface area (Å²) in [5.74, 6) is 2.03. The van der Waals surface area contributed by atoms with Gasteiger partial charge in [-0.1, -0.05) is 163 Å². The molecule has 0 bridgehead atoms. The quantitative estimate of drug-likeness (QED) is 0.115. The van der Waals surface area contributed by atoms with Crippen molar-refractivity contribution in [1.82, 2.24) is 20.4 Å². The van der Waals surface area contributed by atoms with Gasteiger partial charge in [-0.3, -0.25) is 0 Å². The molecule has 0 aliphatic carbocycles. The number of benzene rings is 7. The average Bonchev–Trinajstić information content (AvgIpc) is 4.01. The van der Waals surface area contributed by atoms with E-state index in [4.69, 9.17) is 8.83 Å². The van der Waals surface area contributed by atoms with Crippen LogP contribution in [0.5, 0.6) is 0 Å². The fraction of sp³-hybridized carbons (Fsp3) is 0.0588. The van der Waals surface area contributed by atoms with Crippen molar-refractivity contribution in [3.8, 4) is 68.1 Å². The van der Waals surface area contributed by atoms with Gasteiger partial charge in [-0.05, 0) is 94.4 Å². The highest BCUT2D eigenvalue weighted by molar-refractivity contribution is 6.95. The lowest BCUT2D eigenvalue weighted by Gasteiger charge is -2.25. The molecule has 7 aromatic carbocycles. The van der Waals surface area contributed by atoms with Gasteiger partial charge < -0.3 is 8.83 Å². The molecular weight excluding hydrogens is 729 g/mol. The zero-order valence-corrected chi connectivity index (χ0v) is 33.1. The molecule has 280 valence electrons. The van der Waals surface area contributed by atoms with E-state index in [0.717, 1.165) is 51.4 Å². The molecule has 9 aromatic rings. The third-order valence-electron chi connectivity index (χ3n) is 10.7. The van der Waals surface area contributed by atoms with Gasteiger partial charge in [0.1, 0.15) is 8.07 Å². The fourth-order valence-electron chi connectivity index (χ4n) is 7.16. The van der Waals surface area contributed by atoms with Crippen LogP contribution in [-0.4, -0.2) is 28.5 Å². The zero-order valence-electron chi connectivity index (χ0n) is 32.1. The minimum absolute atomic E-state index is 0.500. The Kier molecular flexibility index (Phi) is 10.3. The Morgan fingerprint density at radius 3 is 1.17 bits per heavy atom. The van der Waals surface area contributed by atoms with Crippen LogP contribution in [0.3, 0.4) is 0 Å². The van der Waals surface area contributed by atoms with Crippen LogP contribution in [0.1, 0.15) is 11.1 Å². The lowest BCUT2D eigenvalue weighted by atomic mass is 10.0. The smallest absolute Gasteiger partial charge is 0.248 e. The van der Waals surface area contributed by atoms with Crippen molar-refractivity contribution in [1.29, 1.82) is 0 Å². The lowest BCUT2D eigenvalue weighted by Crippen LogP contribution is -2.43. The van der Waals surface area contributed by atoms with Crippen molar-refractivity contribution < 1.29 is 8.83 Å². The molecule has 0 fully saturated rings. The van der Waals surface area contributed by atoms with Crippen LogP contribution in [0.25, 0.3) is 74.1 Å². The first-order valence-electron chi connectivity index (χ1n) is 19.5. The van der Waals surface area contributed by atoms with Crippen LogP contribution < -0.4 is 5.19 Å². The topological polar surface area (TPSA) is 77.8 Å². The lowest BCUT2D eigenvalue weighted by molar-refractivity contribution is 0.584. The Balaban J connectivity index is 0.854. The second kappa shape index (κ2) is 16.5. The maximum Gasteiger partial charge on any atom is 0.248 e. The van der Waals surface area contributed by atoms with E-state index < -0.39 is 8.07 Å². The van der Waals surface area contributed by atoms with Crippen LogP contribution >= 0.6 is 0 Å². The first kappa shape index (κ1) is 36.4. The molecule has 0 saturated heterocycles. The highest BCUT2D eigenvalue weighted by Gasteiger charge is 2.26. The molecule has 58 heavy (non-hydrogen) atoms. The van der Waals surface area contributed by atoms with Gasteiger partial charge in [-0.2, -0.15) is 0 Å². The maximum absolute atomic E-state index is 6.12. The molecule has 0 spiro atoms. The third kappa shape index (κ3) is 8.16. The second-order valence-corrected chi connectivity index (χ2v) is 18.9. The molecule has 0 aliphatic rings. The Labute approximate surface area is 339 Å². The van der Waals surface area contributed by atoms with Crippen LogP contribution in [0.2, 0.25) is 12.6 Å². The number of aromatic nitrogens is 4. The summed E-state index contributed by atoms with van der Waals surface area (Å²) in [6.45, 7) is 2.44. The van der Waals surface area contributed by atoms with E-state index in [1.807, 2.05) is 72.8 Å². The predicted octanol–water partition coefficient (Wildman–Crippen LogP) is 12.2. The highest BCUT2D eigenvalue weighted by atomic mass is 28.3. The Morgan fingerprint density at radius 2 is 0.741 bits per heavy atom. The third-order valence-corrected chi connectivity index (χ3v) is 14.5. The van der Waals surface area contributed by atoms with Gasteiger partial charge in [-0.25, -0.2) is 0 Å². The van der Waals surface area contributed by atoms with Gasteiger partial charge in [0.15, 0.2) is 0 Å². The van der Waals surface area contributed by atoms with Gasteiger partial charge in [0.2, 0.25) is 23.6 Å². The summed E-state index contributed by atoms with van der Waals surface area (Å²) < 4.78 is 12.2. The number of hydrogen-bond acceptors (Lipinski definition) is 6. The first-order valence-corrected chi connectivity index (χ1v) is 22.3. The normalized spacial score (nSPS) is 12.4. The molecule has 1 unspecified atom stereocenters. The number of nitrogens with zero attached hydrogens (tertiary/aromatic N) is 4. The predicted molar refractivity (Wildman–Crippen MR) is 236 cm³/mol. The Bertz CT molecular complexity index is 2750. The average molecular weight is 769 g/mol. The Hall–Kier alpha value is -7.22. The van der Waals surface area contributed by atoms with Crippen molar-refractivity contribution in [2.75, 3.05) is 0 Å². The summed E-state index contributed by atoms with van der Waals surface area (Å²) in [7, 11) is -2.03. The van der Waals surface area contributed by atoms with E-state index in [-0.39, 0.29) is 0 Å². The van der Waals surface area contributed by atoms with E-state index in [1.54, 1.807) is 0 Å². The van der Waals surface area contributed by atoms with Gasteiger partial charge in [0.05, 0.1) is 0 Å². The summed E-state index contributed by atoms with van der Waals surface area (Å²) in [6.07, 6.45) is 3.22. The molecular formula is C51H40N4O2Si. The molecule has 0 aliphatic heterocycles. The molecule has 7 heteroatoms. The Morgan fingerprint density at radius 1 is 0.397 bits per heavy atom. The molecule has 2 heterocycles. The van der Waals surface area contributed by atoms with Gasteiger partial charge in [0, 0.05) is 22.3 Å². The summed E-state index contributed by atoms with van der Waals surface area (Å²) >= 11 is 0. The van der Waals surface area contributed by atoms with Crippen molar-refractivity contribution >= 4 is 19.3 Å². The van der Waals surface area contributed by atoms with E-state index in [1.165, 1.54) is 21.9 Å². The summed E-state index contributed by atoms with van der Waals surface area (Å²) in [4.78, 5) is 0. The largest absolute Gasteiger partial charge is 0.416 e. The molecule has 0 saturated carbocycles. The molecule has 2 aromatic heterocycles. The van der Waals surface area contributed by atoms with Crippen molar-refractivity contribution in [2.45, 2.75) is 19.0 Å². The van der Waals surface area contributed by atoms with E-state index >= 15 is 0 Å². The van der Waals surface area contributed by atoms with Crippen molar-refractivity contribution in [3.05, 3.63) is 205 Å². The van der Waals surface area contributed by atoms with Crippen LogP contribution in [-0.2, 0) is 6.42 Å². The van der Waals surface area contributed by atoms with Crippen LogP contribution in [0.4, 0.5) is 0 Å². The van der Waals surface area contributed by atoms with E-state index in [0.29, 0.717) is 23.6 Å². The number of rotatable bonds is 12. The monoisotopic (exact) mass is 768 g/mol. The van der Waals surface area contributed by atoms with E-state index in [2.05, 4.69) is 154 Å². The van der Waals surface area contributed by atoms with Gasteiger partial charge in [-0.15, -0.1) is 20.4 Å². The number of hydrogen-bond donors (Lipinski definition) is 0. The van der Waals surface area contributed by atoms with Crippen LogP contribution in [0.15, 0.2) is 203 Å². The van der Waals surface area contributed by atoms with E-state index in [9.17, 15) is 0 Å². The minimum Gasteiger partial charge on any atom is -0.416 e. The summed E-state index contributed by atoms with van der Waals surface area (Å²) in [6, 6.07) is 65.9. The van der Waals surface area contributed by atoms with Gasteiger partial charge in [0.25, 0.3) is 0 Å². The summed E-state index contributed by atoms with van der Waals surface area (Å²) in [5.41, 5.74) is 13.1. The van der Waals surface area contributed by atoms with Crippen molar-refractivity contribution in [2.24, 2.45) is 0 Å². The number of aryl methyl sites for hydroxylation is 1. The fourth-order valence-corrected chi connectivity index (χ4v) is 10.1. The molecule has 9 rings (SSSR count). The van der Waals surface area contributed by atoms with Crippen LogP contribution in [0, 0.1) is 0 Å². The minimum atomic E-state index is -2.03. The molecule has 0 radical (unpaired) electrons. The van der Waals surface area contributed by atoms with Crippen molar-refractivity contribution in [3.63, 3.8) is 0 Å². The molecule has 0 amide bonds. The second-order valence-electron chi connectivity index (χ2n) is 14.6. The highest BCUT2D eigenvalue weighted by Crippen LogP contribution is 2.29. The van der Waals surface area contributed by atoms with Gasteiger partial charge >= 0.3 is 0 Å². The molecule has 0 N–H and O–H groups in total. The maximum atomic E-state index is 6.12. The summed E-state index contributed by atoms with van der Waals surface area (Å²) in [5, 5.41) is 18.8. The standard InChI is InChI=1S/C51H40N4O2Si/c1-58(47-15-9-4-10-16-47,35-33-37-17-21-43(22-18-37)48-52-54-50(56-48)45-29-25-41(26-30-45)39-11-5-2-6-12-39)36-34-38-19-23-44(24-20-38)49-53-55-51(57-49)46-31-27-42(28-32-46)40-13-7-3-8-14-40/h2-33,35H,34,36H2,1H3/b35-33+. The first-order chi connectivity index (χ1) is 28.6. The zero-order chi connectivity index (χ0) is 39.2. The molecule has 1 atom stereocenters. The molecule has 6 nitrogen and oxygen atoms in total. The SMILES string of the molecule is C[Si](/C=C/c1ccc(-c2nnc(-c3ccc(-c4ccccc4)cc3)o2)cc1)(CCc1ccc(-c2nnc(-c3ccc(-c4ccccc4)cc3)o2)cc1)c1ccccc1.